The summed E-state index contributed by atoms with van der Waals surface area (Å²) < 4.78 is 0. The molecular weight excluding hydrogens is 152 g/mol. The van der Waals surface area contributed by atoms with E-state index in [2.05, 4.69) is 12.0 Å². The molecule has 12 heavy (non-hydrogen) atoms. The van der Waals surface area contributed by atoms with Crippen LogP contribution in [0.1, 0.15) is 27.2 Å². The van der Waals surface area contributed by atoms with Crippen molar-refractivity contribution in [1.82, 2.24) is 5.01 Å². The molecule has 0 aliphatic carbocycles. The van der Waals surface area contributed by atoms with E-state index in [0.29, 0.717) is 5.92 Å². The molecule has 0 aromatic heterocycles. The van der Waals surface area contributed by atoms with Crippen LogP contribution >= 0.6 is 0 Å². The molecular formula is C9H16N2O. The van der Waals surface area contributed by atoms with E-state index in [-0.39, 0.29) is 11.8 Å². The van der Waals surface area contributed by atoms with Crippen molar-refractivity contribution < 1.29 is 4.79 Å². The van der Waals surface area contributed by atoms with Crippen LogP contribution in [0.3, 0.4) is 0 Å². The van der Waals surface area contributed by atoms with Crippen molar-refractivity contribution in [2.45, 2.75) is 27.2 Å². The molecule has 0 bridgehead atoms. The predicted octanol–water partition coefficient (Wildman–Crippen LogP) is 1.50. The normalized spacial score (nSPS) is 30.5. The van der Waals surface area contributed by atoms with Crippen LogP contribution in [0, 0.1) is 11.8 Å². The van der Waals surface area contributed by atoms with E-state index in [4.69, 9.17) is 0 Å². The monoisotopic (exact) mass is 168 g/mol. The number of carbonyl (C=O) groups is 1. The van der Waals surface area contributed by atoms with E-state index in [1.165, 1.54) is 5.01 Å². The number of hydrazone groups is 1. The lowest BCUT2D eigenvalue weighted by molar-refractivity contribution is -0.135. The van der Waals surface area contributed by atoms with Crippen molar-refractivity contribution in [3.8, 4) is 0 Å². The van der Waals surface area contributed by atoms with Gasteiger partial charge in [-0.15, -0.1) is 0 Å². The van der Waals surface area contributed by atoms with E-state index in [0.717, 1.165) is 12.1 Å². The number of amides is 1. The summed E-state index contributed by atoms with van der Waals surface area (Å²) in [5.41, 5.74) is 1.08. The Morgan fingerprint density at radius 2 is 2.17 bits per heavy atom. The van der Waals surface area contributed by atoms with Crippen molar-refractivity contribution in [1.29, 1.82) is 0 Å². The van der Waals surface area contributed by atoms with Crippen LogP contribution < -0.4 is 0 Å². The smallest absolute Gasteiger partial charge is 0.245 e. The van der Waals surface area contributed by atoms with Gasteiger partial charge in [0, 0.05) is 24.6 Å². The maximum Gasteiger partial charge on any atom is 0.245 e. The first-order chi connectivity index (χ1) is 5.57. The van der Waals surface area contributed by atoms with E-state index >= 15 is 0 Å². The van der Waals surface area contributed by atoms with Gasteiger partial charge in [-0.05, 0) is 13.3 Å². The molecule has 2 unspecified atom stereocenters. The maximum absolute atomic E-state index is 11.5. The average Bonchev–Trinajstić information content (AvgIpc) is 2.01. The molecule has 0 fully saturated rings. The molecule has 3 heteroatoms. The van der Waals surface area contributed by atoms with Crippen molar-refractivity contribution in [3.63, 3.8) is 0 Å². The quantitative estimate of drug-likeness (QED) is 0.584. The lowest BCUT2D eigenvalue weighted by Gasteiger charge is -2.30. The minimum Gasteiger partial charge on any atom is -0.273 e. The summed E-state index contributed by atoms with van der Waals surface area (Å²) in [4.78, 5) is 11.5. The summed E-state index contributed by atoms with van der Waals surface area (Å²) in [5, 5.41) is 5.62. The van der Waals surface area contributed by atoms with Gasteiger partial charge >= 0.3 is 0 Å². The number of hydrogen-bond donors (Lipinski definition) is 0. The third kappa shape index (κ3) is 1.36. The standard InChI is InChI=1S/C9H16N2O/c1-5-8-6(2)9(12)11(4)10-7(8)3/h6,8H,5H2,1-4H3. The van der Waals surface area contributed by atoms with Crippen LogP contribution in [0.5, 0.6) is 0 Å². The Morgan fingerprint density at radius 3 is 2.67 bits per heavy atom. The second-order valence-electron chi connectivity index (χ2n) is 3.41. The zero-order chi connectivity index (χ0) is 9.30. The summed E-state index contributed by atoms with van der Waals surface area (Å²) in [7, 11) is 1.72. The van der Waals surface area contributed by atoms with Crippen LogP contribution in [-0.4, -0.2) is 23.7 Å². The fraction of sp³-hybridized carbons (Fsp3) is 0.778. The van der Waals surface area contributed by atoms with Crippen LogP contribution in [0.15, 0.2) is 5.10 Å². The molecule has 0 radical (unpaired) electrons. The SMILES string of the molecule is CCC1C(C)=NN(C)C(=O)C1C. The molecule has 1 amide bonds. The predicted molar refractivity (Wildman–Crippen MR) is 48.8 cm³/mol. The van der Waals surface area contributed by atoms with Gasteiger partial charge in [-0.3, -0.25) is 4.79 Å². The number of hydrogen-bond acceptors (Lipinski definition) is 2. The number of rotatable bonds is 1. The minimum atomic E-state index is 0.0949. The molecule has 68 valence electrons. The summed E-state index contributed by atoms with van der Waals surface area (Å²) in [5.74, 6) is 0.568. The summed E-state index contributed by atoms with van der Waals surface area (Å²) in [6.45, 7) is 6.07. The van der Waals surface area contributed by atoms with Gasteiger partial charge in [-0.25, -0.2) is 5.01 Å². The Morgan fingerprint density at radius 1 is 1.58 bits per heavy atom. The maximum atomic E-state index is 11.5. The molecule has 0 aromatic rings. The van der Waals surface area contributed by atoms with Crippen molar-refractivity contribution in [2.24, 2.45) is 16.9 Å². The van der Waals surface area contributed by atoms with E-state index in [1.54, 1.807) is 7.05 Å². The fourth-order valence-electron chi connectivity index (χ4n) is 1.84. The topological polar surface area (TPSA) is 32.7 Å². The molecule has 1 aliphatic heterocycles. The highest BCUT2D eigenvalue weighted by Crippen LogP contribution is 2.23. The summed E-state index contributed by atoms with van der Waals surface area (Å²) >= 11 is 0. The average molecular weight is 168 g/mol. The first-order valence-corrected chi connectivity index (χ1v) is 4.40. The second-order valence-corrected chi connectivity index (χ2v) is 3.41. The van der Waals surface area contributed by atoms with Crippen LogP contribution in [0.25, 0.3) is 0 Å². The molecule has 0 N–H and O–H groups in total. The molecule has 0 aromatic carbocycles. The largest absolute Gasteiger partial charge is 0.273 e. The van der Waals surface area contributed by atoms with Crippen molar-refractivity contribution >= 4 is 11.6 Å². The Bertz CT molecular complexity index is 223. The first kappa shape index (κ1) is 9.23. The molecule has 1 rings (SSSR count). The van der Waals surface area contributed by atoms with Crippen molar-refractivity contribution in [2.75, 3.05) is 7.05 Å². The molecule has 0 spiro atoms. The van der Waals surface area contributed by atoms with Gasteiger partial charge in [0.1, 0.15) is 0 Å². The third-order valence-corrected chi connectivity index (χ3v) is 2.60. The lowest BCUT2D eigenvalue weighted by Crippen LogP contribution is -2.40. The molecule has 1 heterocycles. The molecule has 0 saturated heterocycles. The van der Waals surface area contributed by atoms with E-state index in [9.17, 15) is 4.79 Å². The fourth-order valence-corrected chi connectivity index (χ4v) is 1.84. The van der Waals surface area contributed by atoms with Crippen molar-refractivity contribution in [3.05, 3.63) is 0 Å². The lowest BCUT2D eigenvalue weighted by atomic mass is 9.86. The Hall–Kier alpha value is -0.860. The highest BCUT2D eigenvalue weighted by Gasteiger charge is 2.31. The van der Waals surface area contributed by atoms with Crippen LogP contribution in [0.4, 0.5) is 0 Å². The Balaban J connectivity index is 2.91. The van der Waals surface area contributed by atoms with Crippen LogP contribution in [-0.2, 0) is 4.79 Å². The Labute approximate surface area is 73.4 Å². The zero-order valence-electron chi connectivity index (χ0n) is 8.16. The van der Waals surface area contributed by atoms with Gasteiger partial charge < -0.3 is 0 Å². The molecule has 1 aliphatic rings. The summed E-state index contributed by atoms with van der Waals surface area (Å²) in [6.07, 6.45) is 0.996. The van der Waals surface area contributed by atoms with Gasteiger partial charge in [0.15, 0.2) is 0 Å². The molecule has 2 atom stereocenters. The van der Waals surface area contributed by atoms with Gasteiger partial charge in [0.25, 0.3) is 0 Å². The van der Waals surface area contributed by atoms with Gasteiger partial charge in [0.05, 0.1) is 0 Å². The van der Waals surface area contributed by atoms with Gasteiger partial charge in [-0.2, -0.15) is 5.10 Å². The first-order valence-electron chi connectivity index (χ1n) is 4.40. The molecule has 0 saturated carbocycles. The summed E-state index contributed by atoms with van der Waals surface area (Å²) in [6, 6.07) is 0. The Kier molecular flexibility index (Phi) is 2.50. The zero-order valence-corrected chi connectivity index (χ0v) is 8.16. The van der Waals surface area contributed by atoms with E-state index in [1.807, 2.05) is 13.8 Å². The molecule has 3 nitrogen and oxygen atoms in total. The van der Waals surface area contributed by atoms with Gasteiger partial charge in [0.2, 0.25) is 5.91 Å². The van der Waals surface area contributed by atoms with Gasteiger partial charge in [-0.1, -0.05) is 13.8 Å². The number of nitrogens with zero attached hydrogens (tertiary/aromatic N) is 2. The second kappa shape index (κ2) is 3.25. The highest BCUT2D eigenvalue weighted by molar-refractivity contribution is 5.94. The van der Waals surface area contributed by atoms with E-state index < -0.39 is 0 Å². The van der Waals surface area contributed by atoms with Crippen LogP contribution in [0.2, 0.25) is 0 Å². The number of carbonyl (C=O) groups excluding carboxylic acids is 1. The minimum absolute atomic E-state index is 0.0949. The third-order valence-electron chi connectivity index (χ3n) is 2.60. The highest BCUT2D eigenvalue weighted by atomic mass is 16.2.